The third kappa shape index (κ3) is 2.96. The van der Waals surface area contributed by atoms with Gasteiger partial charge in [0.2, 0.25) is 5.78 Å². The van der Waals surface area contributed by atoms with E-state index in [0.717, 1.165) is 0 Å². The van der Waals surface area contributed by atoms with E-state index in [0.29, 0.717) is 6.42 Å². The van der Waals surface area contributed by atoms with Crippen LogP contribution in [-0.2, 0) is 19.1 Å². The molecule has 0 aromatic rings. The van der Waals surface area contributed by atoms with Crippen LogP contribution in [0.4, 0.5) is 4.39 Å². The Morgan fingerprint density at radius 3 is 2.59 bits per heavy atom. The van der Waals surface area contributed by atoms with Gasteiger partial charge in [-0.05, 0) is 59.4 Å². The Hall–Kier alpha value is -1.16. The number of halogens is 2. The highest BCUT2D eigenvalue weighted by molar-refractivity contribution is 9.12. The quantitative estimate of drug-likeness (QED) is 0.490. The largest absolute Gasteiger partial charge is 0.458 e. The van der Waals surface area contributed by atoms with Gasteiger partial charge >= 0.3 is 5.97 Å². The van der Waals surface area contributed by atoms with Gasteiger partial charge in [-0.1, -0.05) is 19.9 Å². The Balaban J connectivity index is 1.74. The predicted octanol–water partition coefficient (Wildman–Crippen LogP) is 1.99. The normalized spacial score (nSPS) is 50.1. The molecule has 4 aliphatic rings. The molecular weight excluding hydrogens is 487 g/mol. The summed E-state index contributed by atoms with van der Waals surface area (Å²) in [4.78, 5) is 36.3. The van der Waals surface area contributed by atoms with Gasteiger partial charge in [-0.25, -0.2) is 4.39 Å². The lowest BCUT2D eigenvalue weighted by Gasteiger charge is -2.64. The summed E-state index contributed by atoms with van der Waals surface area (Å²) >= 11 is 3.23. The minimum atomic E-state index is -1.93. The third-order valence-electron chi connectivity index (χ3n) is 9.22. The smallest absolute Gasteiger partial charge is 0.303 e. The molecule has 3 N–H and O–H groups in total. The lowest BCUT2D eigenvalue weighted by molar-refractivity contribution is -0.240. The molecule has 0 spiro atoms. The molecule has 9 atom stereocenters. The number of hydrogen-bond acceptors (Lipinski definition) is 7. The maximum atomic E-state index is 15.6. The van der Waals surface area contributed by atoms with Crippen molar-refractivity contribution in [2.45, 2.75) is 76.4 Å². The number of hydrogen-bond donors (Lipinski definition) is 3. The van der Waals surface area contributed by atoms with E-state index < -0.39 is 64.5 Å². The van der Waals surface area contributed by atoms with Crippen LogP contribution in [0.25, 0.3) is 0 Å². The van der Waals surface area contributed by atoms with Crippen LogP contribution >= 0.6 is 15.9 Å². The molecule has 7 nitrogen and oxygen atoms in total. The molecule has 4 rings (SSSR count). The molecule has 0 saturated heterocycles. The molecule has 0 aliphatic heterocycles. The van der Waals surface area contributed by atoms with Crippen LogP contribution in [0.1, 0.15) is 52.9 Å². The van der Waals surface area contributed by atoms with Gasteiger partial charge in [0.15, 0.2) is 12.4 Å². The number of ketones is 2. The van der Waals surface area contributed by atoms with Gasteiger partial charge in [-0.2, -0.15) is 0 Å². The zero-order valence-electron chi connectivity index (χ0n) is 18.4. The van der Waals surface area contributed by atoms with E-state index in [-0.39, 0.29) is 41.9 Å². The van der Waals surface area contributed by atoms with Gasteiger partial charge < -0.3 is 20.1 Å². The number of rotatable bonds is 3. The van der Waals surface area contributed by atoms with E-state index in [4.69, 9.17) is 4.74 Å². The van der Waals surface area contributed by atoms with Gasteiger partial charge in [0.1, 0.15) is 17.4 Å². The summed E-state index contributed by atoms with van der Waals surface area (Å²) < 4.78 is 20.7. The second-order valence-corrected chi connectivity index (χ2v) is 11.4. The topological polar surface area (TPSA) is 121 Å². The molecular formula is C23H30BrFO7. The average Bonchev–Trinajstić information content (AvgIpc) is 2.95. The van der Waals surface area contributed by atoms with Crippen LogP contribution in [-0.4, -0.2) is 62.9 Å². The number of aliphatic hydroxyl groups excluding tert-OH is 1. The summed E-state index contributed by atoms with van der Waals surface area (Å²) in [5, 5.41) is 34.2. The van der Waals surface area contributed by atoms with Crippen molar-refractivity contribution in [3.8, 4) is 0 Å². The zero-order chi connectivity index (χ0) is 23.9. The fourth-order valence-electron chi connectivity index (χ4n) is 7.53. The Morgan fingerprint density at radius 2 is 1.97 bits per heavy atom. The van der Waals surface area contributed by atoms with Crippen LogP contribution in [0.2, 0.25) is 0 Å². The average molecular weight is 517 g/mol. The fourth-order valence-corrected chi connectivity index (χ4v) is 8.15. The SMILES string of the molecule is CC(=O)OCC(=O)[C@@]1(O)CC[C@H]2[C@@H]3C[C@@H](F)[C@@]4(O)CC(=O)C(Br)=C[C@]4(C)[C@H]3[C@H](O)C[C@@]21C. The zero-order valence-corrected chi connectivity index (χ0v) is 20.0. The van der Waals surface area contributed by atoms with Crippen molar-refractivity contribution in [1.29, 1.82) is 0 Å². The molecule has 0 radical (unpaired) electrons. The Morgan fingerprint density at radius 1 is 1.31 bits per heavy atom. The molecule has 0 bridgehead atoms. The van der Waals surface area contributed by atoms with Crippen LogP contribution < -0.4 is 0 Å². The monoisotopic (exact) mass is 516 g/mol. The minimum Gasteiger partial charge on any atom is -0.458 e. The van der Waals surface area contributed by atoms with Crippen molar-refractivity contribution in [1.82, 2.24) is 0 Å². The van der Waals surface area contributed by atoms with E-state index in [1.807, 2.05) is 0 Å². The summed E-state index contributed by atoms with van der Waals surface area (Å²) in [5.74, 6) is -2.88. The first-order valence-electron chi connectivity index (χ1n) is 11.1. The van der Waals surface area contributed by atoms with Crippen molar-refractivity contribution in [3.05, 3.63) is 10.6 Å². The number of carbonyl (C=O) groups is 3. The summed E-state index contributed by atoms with van der Waals surface area (Å²) in [5.41, 5.74) is -5.98. The van der Waals surface area contributed by atoms with E-state index in [9.17, 15) is 29.7 Å². The summed E-state index contributed by atoms with van der Waals surface area (Å²) in [6.45, 7) is 4.04. The lowest BCUT2D eigenvalue weighted by atomic mass is 9.43. The predicted molar refractivity (Wildman–Crippen MR) is 114 cm³/mol. The number of ether oxygens (including phenoxy) is 1. The number of alkyl halides is 1. The summed E-state index contributed by atoms with van der Waals surface area (Å²) in [6.07, 6.45) is -0.996. The van der Waals surface area contributed by atoms with Crippen LogP contribution in [0.3, 0.4) is 0 Å². The molecule has 0 amide bonds. The lowest BCUT2D eigenvalue weighted by Crippen LogP contribution is -2.70. The van der Waals surface area contributed by atoms with Crippen molar-refractivity contribution in [3.63, 3.8) is 0 Å². The maximum Gasteiger partial charge on any atom is 0.303 e. The van der Waals surface area contributed by atoms with Crippen molar-refractivity contribution < 1.29 is 38.8 Å². The van der Waals surface area contributed by atoms with E-state index in [1.165, 1.54) is 6.92 Å². The highest BCUT2D eigenvalue weighted by Gasteiger charge is 2.73. The van der Waals surface area contributed by atoms with Crippen LogP contribution in [0.15, 0.2) is 10.6 Å². The standard InChI is InChI=1S/C23H30BrFO7/c1-11(26)32-10-18(29)22(30)5-4-13-12-6-17(25)23(31)9-15(27)14(24)7-21(23,3)19(12)16(28)8-20(13,22)2/h7,12-13,16-17,19,28,30-31H,4-6,8-10H2,1-3H3/t12-,13-,16+,17+,19+,20-,21+,22-,23-/m0/s1. The maximum absolute atomic E-state index is 15.6. The second kappa shape index (κ2) is 7.42. The van der Waals surface area contributed by atoms with Gasteiger partial charge in [-0.3, -0.25) is 14.4 Å². The van der Waals surface area contributed by atoms with Gasteiger partial charge in [0.05, 0.1) is 10.6 Å². The molecule has 178 valence electrons. The second-order valence-electron chi connectivity index (χ2n) is 10.6. The molecule has 9 heteroatoms. The number of Topliss-reactive ketones (excluding diaryl/α,β-unsaturated/α-hetero) is 2. The van der Waals surface area contributed by atoms with E-state index in [2.05, 4.69) is 15.9 Å². The minimum absolute atomic E-state index is 0.0684. The van der Waals surface area contributed by atoms with Gasteiger partial charge in [0, 0.05) is 24.2 Å². The summed E-state index contributed by atoms with van der Waals surface area (Å²) in [7, 11) is 0. The highest BCUT2D eigenvalue weighted by atomic mass is 79.9. The van der Waals surface area contributed by atoms with Gasteiger partial charge in [0.25, 0.3) is 0 Å². The summed E-state index contributed by atoms with van der Waals surface area (Å²) in [6, 6.07) is 0. The van der Waals surface area contributed by atoms with Crippen LogP contribution in [0.5, 0.6) is 0 Å². The highest BCUT2D eigenvalue weighted by Crippen LogP contribution is 2.69. The molecule has 0 heterocycles. The Kier molecular flexibility index (Phi) is 5.56. The molecule has 3 saturated carbocycles. The Bertz CT molecular complexity index is 907. The molecule has 0 unspecified atom stereocenters. The van der Waals surface area contributed by atoms with Crippen molar-refractivity contribution in [2.75, 3.05) is 6.61 Å². The molecule has 3 fully saturated rings. The van der Waals surface area contributed by atoms with E-state index >= 15 is 4.39 Å². The van der Waals surface area contributed by atoms with Crippen LogP contribution in [0, 0.1) is 28.6 Å². The van der Waals surface area contributed by atoms with E-state index in [1.54, 1.807) is 19.9 Å². The van der Waals surface area contributed by atoms with Gasteiger partial charge in [-0.15, -0.1) is 0 Å². The first kappa shape index (κ1) is 24.0. The third-order valence-corrected chi connectivity index (χ3v) is 9.89. The number of fused-ring (bicyclic) bond motifs is 5. The van der Waals surface area contributed by atoms with Crippen molar-refractivity contribution in [2.24, 2.45) is 28.6 Å². The number of carbonyl (C=O) groups excluding carboxylic acids is 3. The number of aliphatic hydroxyl groups is 3. The number of allylic oxidation sites excluding steroid dienone is 1. The van der Waals surface area contributed by atoms with Crippen molar-refractivity contribution >= 4 is 33.5 Å². The first-order valence-corrected chi connectivity index (χ1v) is 11.9. The first-order chi connectivity index (χ1) is 14.7. The number of esters is 1. The molecule has 0 aromatic heterocycles. The Labute approximate surface area is 194 Å². The molecule has 0 aromatic carbocycles. The molecule has 4 aliphatic carbocycles. The fraction of sp³-hybridized carbons (Fsp3) is 0.783. The molecule has 32 heavy (non-hydrogen) atoms.